The number of pyridine rings is 1. The van der Waals surface area contributed by atoms with Gasteiger partial charge in [-0.25, -0.2) is 14.5 Å². The van der Waals surface area contributed by atoms with Crippen LogP contribution in [-0.2, 0) is 16.1 Å². The predicted octanol–water partition coefficient (Wildman–Crippen LogP) is 1.86. The zero-order valence-corrected chi connectivity index (χ0v) is 25.7. The fourth-order valence-corrected chi connectivity index (χ4v) is 5.89. The van der Waals surface area contributed by atoms with E-state index in [1.165, 1.54) is 11.1 Å². The van der Waals surface area contributed by atoms with Crippen molar-refractivity contribution < 1.29 is 24.7 Å². The molecule has 1 saturated heterocycles. The number of quaternary nitrogens is 1. The van der Waals surface area contributed by atoms with E-state index in [1.807, 2.05) is 49.4 Å². The van der Waals surface area contributed by atoms with Crippen molar-refractivity contribution in [3.63, 3.8) is 0 Å². The highest BCUT2D eigenvalue weighted by atomic mass is 16.4. The van der Waals surface area contributed by atoms with Gasteiger partial charge in [0.2, 0.25) is 0 Å². The van der Waals surface area contributed by atoms with Crippen molar-refractivity contribution in [2.45, 2.75) is 19.5 Å². The summed E-state index contributed by atoms with van der Waals surface area (Å²) in [5.74, 6) is -2.80. The van der Waals surface area contributed by atoms with Crippen LogP contribution in [0.4, 0.5) is 0 Å². The van der Waals surface area contributed by atoms with Gasteiger partial charge in [0.1, 0.15) is 0 Å². The number of carbonyl (C=O) groups excluding carboxylic acids is 1. The minimum absolute atomic E-state index is 0.00733. The van der Waals surface area contributed by atoms with Crippen LogP contribution in [0.5, 0.6) is 0 Å². The molecular weight excluding hydrogens is 582 g/mol. The van der Waals surface area contributed by atoms with Crippen molar-refractivity contribution in [2.24, 2.45) is 0 Å². The molecule has 10 nitrogen and oxygen atoms in total. The Kier molecular flexibility index (Phi) is 10.5. The van der Waals surface area contributed by atoms with Crippen LogP contribution < -0.4 is 15.6 Å². The standard InChI is InChI=1S/C32H33N5O.C4H4O4/c1-25-17-18-29-31(33-25)36(37(32(29)38)28-15-9-4-10-16-28)24-21-34-19-22-35(23-20-34)30(26-11-5-2-6-12-26)27-13-7-3-8-14-27;5-3(6)1-2-4(7)8/h2-18,30H,19-24H2,1H3;1-2H,(H,5,6)(H,7,8)/b;2-1-. The largest absolute Gasteiger partial charge is 0.545 e. The van der Waals surface area contributed by atoms with Gasteiger partial charge in [0.15, 0.2) is 5.65 Å². The fraction of sp³-hybridized carbons (Fsp3) is 0.222. The van der Waals surface area contributed by atoms with Crippen molar-refractivity contribution in [2.75, 3.05) is 32.7 Å². The molecule has 0 unspecified atom stereocenters. The monoisotopic (exact) mass is 619 g/mol. The summed E-state index contributed by atoms with van der Waals surface area (Å²) in [6.07, 6.45) is 0.942. The third kappa shape index (κ3) is 7.84. The highest BCUT2D eigenvalue weighted by molar-refractivity contribution is 5.88. The second-order valence-corrected chi connectivity index (χ2v) is 11.1. The number of nitrogens with one attached hydrogen (secondary N) is 1. The summed E-state index contributed by atoms with van der Waals surface area (Å²) in [4.78, 5) is 41.3. The van der Waals surface area contributed by atoms with E-state index in [4.69, 9.17) is 10.1 Å². The molecule has 2 N–H and O–H groups in total. The summed E-state index contributed by atoms with van der Waals surface area (Å²) in [5, 5.41) is 17.9. The molecule has 5 aromatic rings. The molecule has 1 fully saturated rings. The summed E-state index contributed by atoms with van der Waals surface area (Å²) in [6.45, 7) is 7.85. The summed E-state index contributed by atoms with van der Waals surface area (Å²) >= 11 is 0. The number of carboxylic acids is 2. The molecule has 2 aromatic heterocycles. The first-order valence-corrected chi connectivity index (χ1v) is 15.3. The maximum absolute atomic E-state index is 13.4. The minimum Gasteiger partial charge on any atom is -0.545 e. The van der Waals surface area contributed by atoms with Gasteiger partial charge >= 0.3 is 5.97 Å². The Bertz CT molecular complexity index is 1790. The Morgan fingerprint density at radius 1 is 0.870 bits per heavy atom. The Labute approximate surface area is 267 Å². The molecule has 3 heterocycles. The van der Waals surface area contributed by atoms with Crippen LogP contribution in [0.25, 0.3) is 16.7 Å². The molecule has 1 aliphatic heterocycles. The van der Waals surface area contributed by atoms with Crippen molar-refractivity contribution in [1.29, 1.82) is 0 Å². The van der Waals surface area contributed by atoms with Gasteiger partial charge in [0, 0.05) is 24.9 Å². The number of piperazine rings is 1. The number of aromatic nitrogens is 3. The van der Waals surface area contributed by atoms with Gasteiger partial charge in [0.25, 0.3) is 5.56 Å². The van der Waals surface area contributed by atoms with E-state index in [0.717, 1.165) is 56.3 Å². The highest BCUT2D eigenvalue weighted by Gasteiger charge is 2.28. The quantitative estimate of drug-likeness (QED) is 0.242. The van der Waals surface area contributed by atoms with Crippen molar-refractivity contribution in [3.05, 3.63) is 142 Å². The van der Waals surface area contributed by atoms with E-state index in [1.54, 1.807) is 9.58 Å². The number of aliphatic carboxylic acids is 2. The number of carboxylic acid groups (broad SMARTS) is 2. The van der Waals surface area contributed by atoms with Crippen LogP contribution in [0.1, 0.15) is 22.9 Å². The van der Waals surface area contributed by atoms with Crippen LogP contribution in [0, 0.1) is 6.92 Å². The van der Waals surface area contributed by atoms with Gasteiger partial charge in [-0.15, -0.1) is 0 Å². The fourth-order valence-electron chi connectivity index (χ4n) is 5.89. The predicted molar refractivity (Wildman–Crippen MR) is 174 cm³/mol. The molecule has 0 spiro atoms. The maximum Gasteiger partial charge on any atom is 0.328 e. The Hall–Kier alpha value is -5.32. The first kappa shape index (κ1) is 32.1. The third-order valence-corrected chi connectivity index (χ3v) is 8.06. The van der Waals surface area contributed by atoms with Crippen molar-refractivity contribution in [3.8, 4) is 5.69 Å². The number of aryl methyl sites for hydroxylation is 1. The van der Waals surface area contributed by atoms with E-state index >= 15 is 0 Å². The Balaban J connectivity index is 0.000000463. The van der Waals surface area contributed by atoms with Gasteiger partial charge < -0.3 is 19.9 Å². The lowest BCUT2D eigenvalue weighted by Gasteiger charge is -2.38. The van der Waals surface area contributed by atoms with Gasteiger partial charge in [-0.1, -0.05) is 78.9 Å². The summed E-state index contributed by atoms with van der Waals surface area (Å²) in [5.41, 5.74) is 5.24. The van der Waals surface area contributed by atoms with Gasteiger partial charge in [-0.05, 0) is 48.4 Å². The zero-order valence-electron chi connectivity index (χ0n) is 25.7. The second-order valence-electron chi connectivity index (χ2n) is 11.1. The van der Waals surface area contributed by atoms with Gasteiger partial charge in [-0.2, -0.15) is 0 Å². The second kappa shape index (κ2) is 15.1. The lowest BCUT2D eigenvalue weighted by Crippen LogP contribution is -3.15. The smallest absolute Gasteiger partial charge is 0.328 e. The molecule has 0 radical (unpaired) electrons. The number of carbonyl (C=O) groups is 2. The average Bonchev–Trinajstić information content (AvgIpc) is 3.35. The molecule has 0 saturated carbocycles. The number of nitrogens with zero attached hydrogens (tertiary/aromatic N) is 4. The maximum atomic E-state index is 13.4. The molecule has 3 aromatic carbocycles. The van der Waals surface area contributed by atoms with Crippen molar-refractivity contribution in [1.82, 2.24) is 19.2 Å². The Morgan fingerprint density at radius 2 is 1.43 bits per heavy atom. The lowest BCUT2D eigenvalue weighted by atomic mass is 9.96. The number of fused-ring (bicyclic) bond motifs is 1. The first-order chi connectivity index (χ1) is 22.3. The molecule has 46 heavy (non-hydrogen) atoms. The lowest BCUT2D eigenvalue weighted by molar-refractivity contribution is -0.905. The van der Waals surface area contributed by atoms with Gasteiger partial charge in [0.05, 0.1) is 49.3 Å². The summed E-state index contributed by atoms with van der Waals surface area (Å²) < 4.78 is 3.88. The van der Waals surface area contributed by atoms with Crippen LogP contribution in [-0.4, -0.2) is 69.0 Å². The van der Waals surface area contributed by atoms with Crippen LogP contribution >= 0.6 is 0 Å². The normalized spacial score (nSPS) is 14.0. The molecule has 236 valence electrons. The Morgan fingerprint density at radius 3 is 1.96 bits per heavy atom. The minimum atomic E-state index is -1.51. The zero-order chi connectivity index (χ0) is 32.5. The van der Waals surface area contributed by atoms with Gasteiger partial charge in [-0.3, -0.25) is 14.4 Å². The molecule has 0 aliphatic carbocycles. The number of rotatable bonds is 9. The summed E-state index contributed by atoms with van der Waals surface area (Å²) in [7, 11) is 0. The SMILES string of the molecule is Cc1ccc2c(=O)n(-c3ccccc3)n(CC[NH+]3CCN(C(c4ccccc4)c4ccccc4)CC3)c2n1.O=C([O-])/C=C\C(=O)O. The van der Waals surface area contributed by atoms with Crippen LogP contribution in [0.2, 0.25) is 0 Å². The number of benzene rings is 3. The topological polar surface area (TPSA) is 125 Å². The van der Waals surface area contributed by atoms with Crippen LogP contribution in [0.15, 0.2) is 120 Å². The number of para-hydroxylation sites is 1. The number of hydrogen-bond donors (Lipinski definition) is 2. The molecule has 0 bridgehead atoms. The average molecular weight is 620 g/mol. The van der Waals surface area contributed by atoms with E-state index in [2.05, 4.69) is 70.2 Å². The third-order valence-electron chi connectivity index (χ3n) is 8.06. The first-order valence-electron chi connectivity index (χ1n) is 15.3. The summed E-state index contributed by atoms with van der Waals surface area (Å²) in [6, 6.07) is 35.7. The van der Waals surface area contributed by atoms with E-state index in [0.29, 0.717) is 17.5 Å². The van der Waals surface area contributed by atoms with Crippen LogP contribution in [0.3, 0.4) is 0 Å². The molecular formula is C36H37N5O5. The van der Waals surface area contributed by atoms with E-state index in [-0.39, 0.29) is 11.6 Å². The molecule has 1 aliphatic rings. The van der Waals surface area contributed by atoms with E-state index < -0.39 is 11.9 Å². The van der Waals surface area contributed by atoms with E-state index in [9.17, 15) is 19.5 Å². The highest BCUT2D eigenvalue weighted by Crippen LogP contribution is 2.28. The van der Waals surface area contributed by atoms with Crippen molar-refractivity contribution >= 4 is 23.0 Å². The molecule has 0 atom stereocenters. The number of hydrogen-bond acceptors (Lipinski definition) is 6. The molecule has 10 heteroatoms. The molecule has 0 amide bonds. The molecule has 6 rings (SSSR count).